The molecule has 3 N–H and O–H groups in total. The van der Waals surface area contributed by atoms with Crippen LogP contribution in [0, 0.1) is 5.82 Å². The summed E-state index contributed by atoms with van der Waals surface area (Å²) < 4.78 is 44.7. The summed E-state index contributed by atoms with van der Waals surface area (Å²) in [5.74, 6) is -1.06. The number of sulfonamides is 1. The minimum atomic E-state index is -4.01. The zero-order chi connectivity index (χ0) is 14.8. The van der Waals surface area contributed by atoms with E-state index in [4.69, 9.17) is 10.5 Å². The highest BCUT2D eigenvalue weighted by Gasteiger charge is 2.19. The highest BCUT2D eigenvalue weighted by Crippen LogP contribution is 2.29. The topological polar surface area (TPSA) is 107 Å². The lowest BCUT2D eigenvalue weighted by atomic mass is 10.3. The maximum Gasteiger partial charge on any atom is 0.263 e. The Kier molecular flexibility index (Phi) is 3.70. The van der Waals surface area contributed by atoms with Gasteiger partial charge in [0, 0.05) is 12.4 Å². The van der Waals surface area contributed by atoms with Crippen LogP contribution in [-0.4, -0.2) is 25.5 Å². The third-order valence-corrected chi connectivity index (χ3v) is 3.70. The third-order valence-electron chi connectivity index (χ3n) is 2.36. The van der Waals surface area contributed by atoms with E-state index in [1.54, 1.807) is 0 Å². The summed E-state index contributed by atoms with van der Waals surface area (Å²) in [4.78, 5) is 7.15. The van der Waals surface area contributed by atoms with Crippen LogP contribution < -0.4 is 15.2 Å². The molecule has 9 heteroatoms. The Hall–Kier alpha value is -2.42. The number of hydrogen-bond acceptors (Lipinski definition) is 6. The molecule has 106 valence electrons. The molecule has 0 aliphatic heterocycles. The van der Waals surface area contributed by atoms with Gasteiger partial charge in [0.1, 0.15) is 0 Å². The van der Waals surface area contributed by atoms with E-state index >= 15 is 0 Å². The smallest absolute Gasteiger partial charge is 0.263 e. The van der Waals surface area contributed by atoms with Gasteiger partial charge in [0.15, 0.2) is 17.4 Å². The molecule has 0 bridgehead atoms. The molecule has 0 atom stereocenters. The second kappa shape index (κ2) is 5.29. The fraction of sp³-hybridized carbons (Fsp3) is 0.0909. The van der Waals surface area contributed by atoms with E-state index in [1.165, 1.54) is 25.7 Å². The molecule has 2 aromatic rings. The Labute approximate surface area is 114 Å². The van der Waals surface area contributed by atoms with E-state index in [-0.39, 0.29) is 22.2 Å². The molecular weight excluding hydrogens is 287 g/mol. The van der Waals surface area contributed by atoms with E-state index in [2.05, 4.69) is 14.7 Å². The highest BCUT2D eigenvalue weighted by molar-refractivity contribution is 7.92. The number of hydrogen-bond donors (Lipinski definition) is 2. The first-order valence-electron chi connectivity index (χ1n) is 5.36. The minimum Gasteiger partial charge on any atom is -0.492 e. The Morgan fingerprint density at radius 1 is 1.35 bits per heavy atom. The minimum absolute atomic E-state index is 0.0160. The summed E-state index contributed by atoms with van der Waals surface area (Å²) in [5.41, 5.74) is 5.42. The van der Waals surface area contributed by atoms with Crippen molar-refractivity contribution in [3.8, 4) is 5.75 Å². The Bertz CT molecular complexity index is 699. The number of anilines is 2. The average Bonchev–Trinajstić information content (AvgIpc) is 2.39. The molecule has 0 radical (unpaired) electrons. The van der Waals surface area contributed by atoms with E-state index in [9.17, 15) is 12.8 Å². The lowest BCUT2D eigenvalue weighted by Crippen LogP contribution is -2.15. The van der Waals surface area contributed by atoms with Crippen molar-refractivity contribution in [3.05, 3.63) is 36.5 Å². The van der Waals surface area contributed by atoms with Crippen molar-refractivity contribution in [2.75, 3.05) is 17.6 Å². The van der Waals surface area contributed by atoms with E-state index in [0.717, 1.165) is 12.1 Å². The number of methoxy groups -OCH3 is 1. The summed E-state index contributed by atoms with van der Waals surface area (Å²) in [6.45, 7) is 0. The molecule has 0 unspecified atom stereocenters. The number of nitrogens with one attached hydrogen (secondary N) is 1. The summed E-state index contributed by atoms with van der Waals surface area (Å²) in [6.07, 6.45) is 3.93. The molecule has 0 amide bonds. The zero-order valence-electron chi connectivity index (χ0n) is 10.4. The van der Waals surface area contributed by atoms with Crippen molar-refractivity contribution in [3.63, 3.8) is 0 Å². The van der Waals surface area contributed by atoms with E-state index < -0.39 is 15.8 Å². The largest absolute Gasteiger partial charge is 0.492 e. The standard InChI is InChI=1S/C11H11FN4O3S/c1-19-11-8(12)4-7(5-9(11)13)20(17,18)16-10-6-14-2-3-15-10/h2-6H,13H2,1H3,(H,15,16). The number of nitrogens with zero attached hydrogens (tertiary/aromatic N) is 2. The van der Waals surface area contributed by atoms with Crippen molar-refractivity contribution >= 4 is 21.5 Å². The zero-order valence-corrected chi connectivity index (χ0v) is 11.2. The summed E-state index contributed by atoms with van der Waals surface area (Å²) >= 11 is 0. The lowest BCUT2D eigenvalue weighted by molar-refractivity contribution is 0.388. The van der Waals surface area contributed by atoms with Gasteiger partial charge in [0.2, 0.25) is 0 Å². The van der Waals surface area contributed by atoms with Gasteiger partial charge in [-0.25, -0.2) is 17.8 Å². The van der Waals surface area contributed by atoms with Crippen LogP contribution in [0.25, 0.3) is 0 Å². The van der Waals surface area contributed by atoms with Crippen molar-refractivity contribution < 1.29 is 17.5 Å². The SMILES string of the molecule is COc1c(N)cc(S(=O)(=O)Nc2cnccn2)cc1F. The molecule has 0 aliphatic carbocycles. The van der Waals surface area contributed by atoms with Crippen LogP contribution >= 0.6 is 0 Å². The normalized spacial score (nSPS) is 11.1. The number of nitrogen functional groups attached to an aromatic ring is 1. The van der Waals surface area contributed by atoms with Gasteiger partial charge < -0.3 is 10.5 Å². The first kappa shape index (κ1) is 14.0. The second-order valence-corrected chi connectivity index (χ2v) is 5.41. The average molecular weight is 298 g/mol. The Morgan fingerprint density at radius 3 is 2.65 bits per heavy atom. The number of ether oxygens (including phenoxy) is 1. The number of nitrogens with two attached hydrogens (primary N) is 1. The van der Waals surface area contributed by atoms with Crippen molar-refractivity contribution in [2.45, 2.75) is 4.90 Å². The first-order chi connectivity index (χ1) is 9.44. The number of benzene rings is 1. The van der Waals surface area contributed by atoms with Gasteiger partial charge >= 0.3 is 0 Å². The molecule has 2 rings (SSSR count). The summed E-state index contributed by atoms with van der Waals surface area (Å²) in [6, 6.07) is 1.91. The van der Waals surface area contributed by atoms with Gasteiger partial charge in [-0.1, -0.05) is 0 Å². The molecule has 0 fully saturated rings. The predicted molar refractivity (Wildman–Crippen MR) is 70.2 cm³/mol. The van der Waals surface area contributed by atoms with E-state index in [0.29, 0.717) is 0 Å². The maximum atomic E-state index is 13.7. The van der Waals surface area contributed by atoms with Gasteiger partial charge in [0.25, 0.3) is 10.0 Å². The fourth-order valence-corrected chi connectivity index (χ4v) is 2.55. The lowest BCUT2D eigenvalue weighted by Gasteiger charge is -2.10. The quantitative estimate of drug-likeness (QED) is 0.816. The maximum absolute atomic E-state index is 13.7. The fourth-order valence-electron chi connectivity index (χ4n) is 1.51. The van der Waals surface area contributed by atoms with Gasteiger partial charge in [-0.3, -0.25) is 9.71 Å². The molecule has 1 aromatic heterocycles. The number of rotatable bonds is 4. The number of halogens is 1. The van der Waals surface area contributed by atoms with Gasteiger partial charge in [-0.2, -0.15) is 0 Å². The van der Waals surface area contributed by atoms with Crippen LogP contribution in [0.4, 0.5) is 15.9 Å². The predicted octanol–water partition coefficient (Wildman–Crippen LogP) is 1.01. The van der Waals surface area contributed by atoms with Crippen LogP contribution in [0.15, 0.2) is 35.6 Å². The van der Waals surface area contributed by atoms with Crippen molar-refractivity contribution in [1.82, 2.24) is 9.97 Å². The van der Waals surface area contributed by atoms with Crippen molar-refractivity contribution in [1.29, 1.82) is 0 Å². The first-order valence-corrected chi connectivity index (χ1v) is 6.84. The molecule has 1 heterocycles. The summed E-state index contributed by atoms with van der Waals surface area (Å²) in [5, 5.41) is 0. The summed E-state index contributed by atoms with van der Waals surface area (Å²) in [7, 11) is -2.77. The van der Waals surface area contributed by atoms with Crippen LogP contribution in [0.5, 0.6) is 5.75 Å². The molecule has 0 aliphatic rings. The molecule has 0 spiro atoms. The van der Waals surface area contributed by atoms with Gasteiger partial charge in [-0.05, 0) is 12.1 Å². The van der Waals surface area contributed by atoms with Gasteiger partial charge in [-0.15, -0.1) is 0 Å². The van der Waals surface area contributed by atoms with Crippen molar-refractivity contribution in [2.24, 2.45) is 0 Å². The van der Waals surface area contributed by atoms with Gasteiger partial charge in [0.05, 0.1) is 23.9 Å². The Balaban J connectivity index is 2.40. The highest BCUT2D eigenvalue weighted by atomic mass is 32.2. The molecule has 1 aromatic carbocycles. The third kappa shape index (κ3) is 2.77. The monoisotopic (exact) mass is 298 g/mol. The molecule has 20 heavy (non-hydrogen) atoms. The molecule has 7 nitrogen and oxygen atoms in total. The Morgan fingerprint density at radius 2 is 2.10 bits per heavy atom. The number of aromatic nitrogens is 2. The van der Waals surface area contributed by atoms with Crippen LogP contribution in [-0.2, 0) is 10.0 Å². The van der Waals surface area contributed by atoms with Crippen LogP contribution in [0.1, 0.15) is 0 Å². The molecule has 0 saturated heterocycles. The van der Waals surface area contributed by atoms with Crippen LogP contribution in [0.3, 0.4) is 0 Å². The molecule has 0 saturated carbocycles. The van der Waals surface area contributed by atoms with E-state index in [1.807, 2.05) is 0 Å². The molecular formula is C11H11FN4O3S. The van der Waals surface area contributed by atoms with Crippen LogP contribution in [0.2, 0.25) is 0 Å². The second-order valence-electron chi connectivity index (χ2n) is 3.72.